The molecule has 0 bridgehead atoms. The van der Waals surface area contributed by atoms with Crippen LogP contribution in [0, 0.1) is 13.8 Å². The van der Waals surface area contributed by atoms with Crippen molar-refractivity contribution in [1.29, 1.82) is 0 Å². The Morgan fingerprint density at radius 2 is 1.88 bits per heavy atom. The number of Topliss-reactive ketones (excluding diaryl/α,β-unsaturated/α-hetero) is 1. The molecule has 0 saturated carbocycles. The van der Waals surface area contributed by atoms with E-state index in [4.69, 9.17) is 4.42 Å². The number of nitrogens with one attached hydrogen (secondary N) is 1. The number of rotatable bonds is 4. The molecule has 2 heterocycles. The number of furan rings is 1. The second-order valence-electron chi connectivity index (χ2n) is 6.09. The van der Waals surface area contributed by atoms with Gasteiger partial charge in [-0.05, 0) is 38.5 Å². The van der Waals surface area contributed by atoms with Crippen molar-refractivity contribution in [3.05, 3.63) is 59.0 Å². The first-order chi connectivity index (χ1) is 11.3. The molecule has 1 aliphatic rings. The van der Waals surface area contributed by atoms with Crippen LogP contribution < -0.4 is 5.32 Å². The molecule has 1 aromatic carbocycles. The van der Waals surface area contributed by atoms with Gasteiger partial charge in [0, 0.05) is 5.56 Å². The first-order valence-electron chi connectivity index (χ1n) is 7.63. The molecule has 124 valence electrons. The SMILES string of the molecule is Cc1ccc([C@@]2(C)NC(=O)N(CC(=O)c3ccccc3C)C2=O)o1. The van der Waals surface area contributed by atoms with Crippen LogP contribution in [-0.4, -0.2) is 29.2 Å². The number of aryl methyl sites for hydroxylation is 2. The van der Waals surface area contributed by atoms with Gasteiger partial charge in [-0.2, -0.15) is 0 Å². The number of hydrogen-bond donors (Lipinski definition) is 1. The van der Waals surface area contributed by atoms with E-state index in [1.165, 1.54) is 0 Å². The molecule has 0 spiro atoms. The third kappa shape index (κ3) is 2.50. The highest BCUT2D eigenvalue weighted by Gasteiger charge is 2.51. The zero-order valence-corrected chi connectivity index (χ0v) is 13.8. The number of carbonyl (C=O) groups excluding carboxylic acids is 3. The zero-order valence-electron chi connectivity index (χ0n) is 13.8. The molecule has 1 aliphatic heterocycles. The third-order valence-electron chi connectivity index (χ3n) is 4.26. The molecule has 1 atom stereocenters. The van der Waals surface area contributed by atoms with Gasteiger partial charge in [0.05, 0.1) is 6.54 Å². The van der Waals surface area contributed by atoms with Crippen LogP contribution in [0.4, 0.5) is 4.79 Å². The summed E-state index contributed by atoms with van der Waals surface area (Å²) >= 11 is 0. The highest BCUT2D eigenvalue weighted by molar-refractivity contribution is 6.11. The van der Waals surface area contributed by atoms with E-state index in [2.05, 4.69) is 5.32 Å². The number of carbonyl (C=O) groups is 3. The number of ketones is 1. The van der Waals surface area contributed by atoms with Crippen LogP contribution in [0.2, 0.25) is 0 Å². The Bertz CT molecular complexity index is 839. The van der Waals surface area contributed by atoms with Crippen LogP contribution in [0.1, 0.15) is 34.4 Å². The van der Waals surface area contributed by atoms with E-state index in [0.717, 1.165) is 10.5 Å². The summed E-state index contributed by atoms with van der Waals surface area (Å²) < 4.78 is 5.50. The summed E-state index contributed by atoms with van der Waals surface area (Å²) in [7, 11) is 0. The third-order valence-corrected chi connectivity index (χ3v) is 4.26. The first kappa shape index (κ1) is 16.0. The average molecular weight is 326 g/mol. The summed E-state index contributed by atoms with van der Waals surface area (Å²) in [4.78, 5) is 38.4. The van der Waals surface area contributed by atoms with Crippen LogP contribution in [0.5, 0.6) is 0 Å². The second-order valence-corrected chi connectivity index (χ2v) is 6.09. The second kappa shape index (κ2) is 5.63. The molecule has 0 aliphatic carbocycles. The lowest BCUT2D eigenvalue weighted by molar-refractivity contribution is -0.131. The highest BCUT2D eigenvalue weighted by atomic mass is 16.3. The molecule has 2 aromatic rings. The van der Waals surface area contributed by atoms with E-state index in [1.807, 2.05) is 19.1 Å². The van der Waals surface area contributed by atoms with Crippen molar-refractivity contribution in [1.82, 2.24) is 10.2 Å². The van der Waals surface area contributed by atoms with Gasteiger partial charge in [0.1, 0.15) is 11.5 Å². The lowest BCUT2D eigenvalue weighted by Crippen LogP contribution is -2.41. The van der Waals surface area contributed by atoms with Gasteiger partial charge in [-0.1, -0.05) is 24.3 Å². The topological polar surface area (TPSA) is 79.6 Å². The maximum Gasteiger partial charge on any atom is 0.325 e. The molecule has 1 saturated heterocycles. The molecular weight excluding hydrogens is 308 g/mol. The van der Waals surface area contributed by atoms with E-state index < -0.39 is 17.5 Å². The van der Waals surface area contributed by atoms with Gasteiger partial charge in [-0.3, -0.25) is 14.5 Å². The van der Waals surface area contributed by atoms with Crippen LogP contribution >= 0.6 is 0 Å². The minimum Gasteiger partial charge on any atom is -0.463 e. The fraction of sp³-hybridized carbons (Fsp3) is 0.278. The molecule has 0 unspecified atom stereocenters. The van der Waals surface area contributed by atoms with Gasteiger partial charge in [0.2, 0.25) is 0 Å². The lowest BCUT2D eigenvalue weighted by atomic mass is 9.99. The zero-order chi connectivity index (χ0) is 17.5. The Hall–Kier alpha value is -2.89. The number of hydrogen-bond acceptors (Lipinski definition) is 4. The fourth-order valence-corrected chi connectivity index (χ4v) is 2.83. The minimum absolute atomic E-state index is 0.281. The molecule has 24 heavy (non-hydrogen) atoms. The molecule has 1 aromatic heterocycles. The van der Waals surface area contributed by atoms with Gasteiger partial charge in [0.25, 0.3) is 5.91 Å². The lowest BCUT2D eigenvalue weighted by Gasteiger charge is -2.19. The van der Waals surface area contributed by atoms with Crippen LogP contribution in [0.25, 0.3) is 0 Å². The standard InChI is InChI=1S/C18H18N2O4/c1-11-6-4-5-7-13(11)14(21)10-20-16(22)18(3,19-17(20)23)15-9-8-12(2)24-15/h4-9H,10H2,1-3H3,(H,19,23)/t18-/m1/s1. The van der Waals surface area contributed by atoms with Gasteiger partial charge in [0.15, 0.2) is 11.3 Å². The summed E-state index contributed by atoms with van der Waals surface area (Å²) in [6, 6.07) is 9.86. The number of urea groups is 1. The molecule has 0 radical (unpaired) electrons. The van der Waals surface area contributed by atoms with Crippen molar-refractivity contribution in [3.8, 4) is 0 Å². The van der Waals surface area contributed by atoms with Crippen LogP contribution in [-0.2, 0) is 10.3 Å². The quantitative estimate of drug-likeness (QED) is 0.692. The van der Waals surface area contributed by atoms with Crippen molar-refractivity contribution in [2.45, 2.75) is 26.3 Å². The van der Waals surface area contributed by atoms with Gasteiger partial charge in [-0.25, -0.2) is 4.79 Å². The maximum atomic E-state index is 12.7. The smallest absolute Gasteiger partial charge is 0.325 e. The largest absolute Gasteiger partial charge is 0.463 e. The monoisotopic (exact) mass is 326 g/mol. The molecule has 1 fully saturated rings. The molecular formula is C18H18N2O4. The number of amides is 3. The summed E-state index contributed by atoms with van der Waals surface area (Å²) in [6.07, 6.45) is 0. The summed E-state index contributed by atoms with van der Waals surface area (Å²) in [5, 5.41) is 2.62. The molecule has 1 N–H and O–H groups in total. The van der Waals surface area contributed by atoms with Crippen molar-refractivity contribution in [2.75, 3.05) is 6.54 Å². The van der Waals surface area contributed by atoms with Crippen LogP contribution in [0.3, 0.4) is 0 Å². The van der Waals surface area contributed by atoms with Crippen molar-refractivity contribution >= 4 is 17.7 Å². The van der Waals surface area contributed by atoms with Crippen molar-refractivity contribution < 1.29 is 18.8 Å². The fourth-order valence-electron chi connectivity index (χ4n) is 2.83. The minimum atomic E-state index is -1.29. The maximum absolute atomic E-state index is 12.7. The van der Waals surface area contributed by atoms with E-state index >= 15 is 0 Å². The number of nitrogens with zero attached hydrogens (tertiary/aromatic N) is 1. The van der Waals surface area contributed by atoms with E-state index in [9.17, 15) is 14.4 Å². The summed E-state index contributed by atoms with van der Waals surface area (Å²) in [6.45, 7) is 4.84. The van der Waals surface area contributed by atoms with Gasteiger partial charge < -0.3 is 9.73 Å². The Kier molecular flexibility index (Phi) is 3.75. The van der Waals surface area contributed by atoms with Crippen LogP contribution in [0.15, 0.2) is 40.8 Å². The Morgan fingerprint density at radius 1 is 1.17 bits per heavy atom. The Morgan fingerprint density at radius 3 is 2.50 bits per heavy atom. The van der Waals surface area contributed by atoms with Gasteiger partial charge >= 0.3 is 6.03 Å². The van der Waals surface area contributed by atoms with E-state index in [0.29, 0.717) is 17.1 Å². The molecule has 3 rings (SSSR count). The van der Waals surface area contributed by atoms with Crippen molar-refractivity contribution in [2.24, 2.45) is 0 Å². The highest BCUT2D eigenvalue weighted by Crippen LogP contribution is 2.30. The predicted octanol–water partition coefficient (Wildman–Crippen LogP) is 2.55. The first-order valence-corrected chi connectivity index (χ1v) is 7.63. The van der Waals surface area contributed by atoms with Crippen molar-refractivity contribution in [3.63, 3.8) is 0 Å². The van der Waals surface area contributed by atoms with Gasteiger partial charge in [-0.15, -0.1) is 0 Å². The summed E-state index contributed by atoms with van der Waals surface area (Å²) in [5.74, 6) is 0.215. The summed E-state index contributed by atoms with van der Waals surface area (Å²) in [5.41, 5.74) is 0.0108. The Balaban J connectivity index is 1.85. The molecule has 6 nitrogen and oxygen atoms in total. The number of imide groups is 1. The Labute approximate surface area is 139 Å². The predicted molar refractivity (Wildman–Crippen MR) is 86.6 cm³/mol. The average Bonchev–Trinajstić information content (AvgIpc) is 3.06. The molecule has 3 amide bonds. The van der Waals surface area contributed by atoms with E-state index in [-0.39, 0.29) is 12.3 Å². The molecule has 6 heteroatoms. The normalized spacial score (nSPS) is 20.4. The number of benzene rings is 1. The van der Waals surface area contributed by atoms with E-state index in [1.54, 1.807) is 38.1 Å².